The van der Waals surface area contributed by atoms with Crippen molar-refractivity contribution in [2.45, 2.75) is 19.3 Å². The minimum atomic E-state index is 0.657. The lowest BCUT2D eigenvalue weighted by atomic mass is 9.99. The van der Waals surface area contributed by atoms with Crippen molar-refractivity contribution in [3.05, 3.63) is 23.8 Å². The molecule has 0 saturated carbocycles. The van der Waals surface area contributed by atoms with Crippen molar-refractivity contribution in [3.63, 3.8) is 0 Å². The third kappa shape index (κ3) is 1.26. The van der Waals surface area contributed by atoms with Crippen molar-refractivity contribution in [3.8, 4) is 5.75 Å². The minimum Gasteiger partial charge on any atom is -0.495 e. The topological polar surface area (TPSA) is 21.3 Å². The second kappa shape index (κ2) is 3.29. The Balaban J connectivity index is 2.43. The molecule has 0 amide bonds. The number of rotatable bonds is 2. The van der Waals surface area contributed by atoms with Crippen LogP contribution in [0.3, 0.4) is 0 Å². The quantitative estimate of drug-likeness (QED) is 0.749. The average molecular weight is 177 g/mol. The third-order valence-corrected chi connectivity index (χ3v) is 2.74. The van der Waals surface area contributed by atoms with Crippen LogP contribution in [-0.4, -0.2) is 13.7 Å². The maximum absolute atomic E-state index is 5.29. The van der Waals surface area contributed by atoms with Gasteiger partial charge in [-0.3, -0.25) is 0 Å². The van der Waals surface area contributed by atoms with E-state index in [1.54, 1.807) is 7.11 Å². The standard InChI is InChI=1S/C11H15NO/c1-3-8-7-12-11-9(8)5-4-6-10(11)13-2/h4-6,8,12H,3,7H2,1-2H3. The number of methoxy groups -OCH3 is 1. The monoisotopic (exact) mass is 177 g/mol. The highest BCUT2D eigenvalue weighted by Gasteiger charge is 2.22. The fraction of sp³-hybridized carbons (Fsp3) is 0.455. The Bertz CT molecular complexity index is 309. The lowest BCUT2D eigenvalue weighted by molar-refractivity contribution is 0.416. The van der Waals surface area contributed by atoms with Crippen LogP contribution in [0.15, 0.2) is 18.2 Å². The molecule has 0 aliphatic carbocycles. The van der Waals surface area contributed by atoms with Gasteiger partial charge in [0.05, 0.1) is 12.8 Å². The molecule has 0 spiro atoms. The fourth-order valence-corrected chi connectivity index (χ4v) is 1.95. The van der Waals surface area contributed by atoms with Crippen molar-refractivity contribution < 1.29 is 4.74 Å². The molecule has 1 aromatic carbocycles. The van der Waals surface area contributed by atoms with E-state index < -0.39 is 0 Å². The molecule has 13 heavy (non-hydrogen) atoms. The van der Waals surface area contributed by atoms with Gasteiger partial charge in [0, 0.05) is 12.5 Å². The molecule has 0 fully saturated rings. The number of nitrogens with one attached hydrogen (secondary N) is 1. The Labute approximate surface area is 78.9 Å². The molecule has 1 atom stereocenters. The molecule has 2 nitrogen and oxygen atoms in total. The summed E-state index contributed by atoms with van der Waals surface area (Å²) in [6.07, 6.45) is 1.19. The van der Waals surface area contributed by atoms with Crippen LogP contribution in [0, 0.1) is 0 Å². The van der Waals surface area contributed by atoms with E-state index in [0.717, 1.165) is 12.3 Å². The van der Waals surface area contributed by atoms with E-state index in [9.17, 15) is 0 Å². The Morgan fingerprint density at radius 1 is 1.54 bits per heavy atom. The van der Waals surface area contributed by atoms with Gasteiger partial charge in [0.2, 0.25) is 0 Å². The average Bonchev–Trinajstić information content (AvgIpc) is 2.60. The van der Waals surface area contributed by atoms with Crippen molar-refractivity contribution >= 4 is 5.69 Å². The van der Waals surface area contributed by atoms with Gasteiger partial charge >= 0.3 is 0 Å². The van der Waals surface area contributed by atoms with Gasteiger partial charge in [0.15, 0.2) is 0 Å². The van der Waals surface area contributed by atoms with Gasteiger partial charge in [-0.15, -0.1) is 0 Å². The summed E-state index contributed by atoms with van der Waals surface area (Å²) in [5.41, 5.74) is 2.60. The van der Waals surface area contributed by atoms with E-state index in [-0.39, 0.29) is 0 Å². The Hall–Kier alpha value is -1.18. The fourth-order valence-electron chi connectivity index (χ4n) is 1.95. The summed E-state index contributed by atoms with van der Waals surface area (Å²) in [5.74, 6) is 1.62. The number of benzene rings is 1. The van der Waals surface area contributed by atoms with Crippen molar-refractivity contribution in [2.24, 2.45) is 0 Å². The molecule has 2 rings (SSSR count). The molecule has 0 bridgehead atoms. The van der Waals surface area contributed by atoms with E-state index in [2.05, 4.69) is 24.4 Å². The molecule has 0 radical (unpaired) electrons. The molecule has 1 unspecified atom stereocenters. The Kier molecular flexibility index (Phi) is 2.13. The first kappa shape index (κ1) is 8.42. The van der Waals surface area contributed by atoms with Crippen LogP contribution in [0.25, 0.3) is 0 Å². The summed E-state index contributed by atoms with van der Waals surface area (Å²) in [5, 5.41) is 3.40. The molecule has 70 valence electrons. The van der Waals surface area contributed by atoms with Crippen LogP contribution in [0.4, 0.5) is 5.69 Å². The molecule has 0 aromatic heterocycles. The Morgan fingerprint density at radius 2 is 2.38 bits per heavy atom. The van der Waals surface area contributed by atoms with Gasteiger partial charge in [-0.2, -0.15) is 0 Å². The van der Waals surface area contributed by atoms with Gasteiger partial charge in [-0.05, 0) is 18.1 Å². The van der Waals surface area contributed by atoms with Crippen molar-refractivity contribution in [1.82, 2.24) is 0 Å². The number of fused-ring (bicyclic) bond motifs is 1. The molecular formula is C11H15NO. The van der Waals surface area contributed by atoms with Crippen molar-refractivity contribution in [2.75, 3.05) is 19.0 Å². The van der Waals surface area contributed by atoms with E-state index in [1.807, 2.05) is 6.07 Å². The SMILES string of the molecule is CCC1CNc2c(OC)cccc21. The molecule has 1 N–H and O–H groups in total. The van der Waals surface area contributed by atoms with Gasteiger partial charge in [-0.1, -0.05) is 19.1 Å². The van der Waals surface area contributed by atoms with Crippen LogP contribution >= 0.6 is 0 Å². The van der Waals surface area contributed by atoms with Crippen LogP contribution in [0.2, 0.25) is 0 Å². The third-order valence-electron chi connectivity index (χ3n) is 2.74. The summed E-state index contributed by atoms with van der Waals surface area (Å²) in [6, 6.07) is 6.25. The lowest BCUT2D eigenvalue weighted by Crippen LogP contribution is -1.99. The van der Waals surface area contributed by atoms with Crippen LogP contribution in [-0.2, 0) is 0 Å². The van der Waals surface area contributed by atoms with E-state index in [4.69, 9.17) is 4.74 Å². The van der Waals surface area contributed by atoms with E-state index >= 15 is 0 Å². The van der Waals surface area contributed by atoms with E-state index in [1.165, 1.54) is 17.7 Å². The Morgan fingerprint density at radius 3 is 3.08 bits per heavy atom. The zero-order valence-electron chi connectivity index (χ0n) is 8.13. The predicted octanol–water partition coefficient (Wildman–Crippen LogP) is 2.61. The van der Waals surface area contributed by atoms with Gasteiger partial charge < -0.3 is 10.1 Å². The van der Waals surface area contributed by atoms with Gasteiger partial charge in [-0.25, -0.2) is 0 Å². The number of para-hydroxylation sites is 1. The van der Waals surface area contributed by atoms with E-state index in [0.29, 0.717) is 5.92 Å². The second-order valence-corrected chi connectivity index (χ2v) is 3.41. The molecule has 1 heterocycles. The largest absolute Gasteiger partial charge is 0.495 e. The zero-order valence-corrected chi connectivity index (χ0v) is 8.13. The molecule has 1 aliphatic heterocycles. The number of hydrogen-bond donors (Lipinski definition) is 1. The molecule has 0 saturated heterocycles. The van der Waals surface area contributed by atoms with Crippen LogP contribution in [0.1, 0.15) is 24.8 Å². The maximum Gasteiger partial charge on any atom is 0.142 e. The van der Waals surface area contributed by atoms with Crippen LogP contribution < -0.4 is 10.1 Å². The summed E-state index contributed by atoms with van der Waals surface area (Å²) in [7, 11) is 1.72. The molecule has 2 heteroatoms. The summed E-state index contributed by atoms with van der Waals surface area (Å²) in [4.78, 5) is 0. The first-order valence-electron chi connectivity index (χ1n) is 4.77. The maximum atomic E-state index is 5.29. The summed E-state index contributed by atoms with van der Waals surface area (Å²) in [6.45, 7) is 3.27. The van der Waals surface area contributed by atoms with Gasteiger partial charge in [0.1, 0.15) is 5.75 Å². The highest BCUT2D eigenvalue weighted by Crippen LogP contribution is 2.39. The second-order valence-electron chi connectivity index (χ2n) is 3.41. The first-order valence-corrected chi connectivity index (χ1v) is 4.77. The number of hydrogen-bond acceptors (Lipinski definition) is 2. The highest BCUT2D eigenvalue weighted by molar-refractivity contribution is 5.66. The first-order chi connectivity index (χ1) is 6.36. The normalized spacial score (nSPS) is 19.4. The summed E-state index contributed by atoms with van der Waals surface area (Å²) >= 11 is 0. The number of anilines is 1. The van der Waals surface area contributed by atoms with Crippen molar-refractivity contribution in [1.29, 1.82) is 0 Å². The van der Waals surface area contributed by atoms with Crippen LogP contribution in [0.5, 0.6) is 5.75 Å². The summed E-state index contributed by atoms with van der Waals surface area (Å²) < 4.78 is 5.29. The highest BCUT2D eigenvalue weighted by atomic mass is 16.5. The zero-order chi connectivity index (χ0) is 9.26. The molecular weight excluding hydrogens is 162 g/mol. The molecule has 1 aromatic rings. The number of ether oxygens (including phenoxy) is 1. The predicted molar refractivity (Wildman–Crippen MR) is 54.5 cm³/mol. The molecule has 1 aliphatic rings. The minimum absolute atomic E-state index is 0.657. The van der Waals surface area contributed by atoms with Gasteiger partial charge in [0.25, 0.3) is 0 Å². The lowest BCUT2D eigenvalue weighted by Gasteiger charge is -2.08. The smallest absolute Gasteiger partial charge is 0.142 e.